The summed E-state index contributed by atoms with van der Waals surface area (Å²) in [4.78, 5) is 6.72. The van der Waals surface area contributed by atoms with Crippen molar-refractivity contribution >= 4 is 60.5 Å². The van der Waals surface area contributed by atoms with Crippen LogP contribution in [0.15, 0.2) is 199 Å². The Morgan fingerprint density at radius 2 is 1.08 bits per heavy atom. The van der Waals surface area contributed by atoms with E-state index >= 15 is 0 Å². The van der Waals surface area contributed by atoms with E-state index in [1.165, 1.54) is 27.5 Å². The number of fused-ring (bicyclic) bond motifs is 6. The predicted octanol–water partition coefficient (Wildman–Crippen LogP) is 13.8. The van der Waals surface area contributed by atoms with Crippen molar-refractivity contribution in [2.45, 2.75) is 0 Å². The minimum atomic E-state index is 0.848. The Morgan fingerprint density at radius 1 is 0.423 bits per heavy atom. The van der Waals surface area contributed by atoms with Gasteiger partial charge in [-0.05, 0) is 92.7 Å². The molecule has 0 fully saturated rings. The van der Waals surface area contributed by atoms with Crippen LogP contribution in [-0.2, 0) is 0 Å². The quantitative estimate of drug-likeness (QED) is 0.177. The van der Waals surface area contributed by atoms with E-state index in [-0.39, 0.29) is 0 Å². The van der Waals surface area contributed by atoms with Gasteiger partial charge in [-0.2, -0.15) is 0 Å². The Hall–Kier alpha value is -6.97. The van der Waals surface area contributed by atoms with E-state index in [4.69, 9.17) is 4.42 Å². The minimum Gasteiger partial charge on any atom is -0.455 e. The van der Waals surface area contributed by atoms with Crippen LogP contribution < -0.4 is 4.90 Å². The maximum absolute atomic E-state index is 6.63. The zero-order chi connectivity index (χ0) is 34.4. The molecule has 0 N–H and O–H groups in total. The molecule has 10 rings (SSSR count). The fourth-order valence-corrected chi connectivity index (χ4v) is 7.64. The van der Waals surface area contributed by atoms with Crippen molar-refractivity contribution in [1.82, 2.24) is 4.98 Å². The van der Waals surface area contributed by atoms with Crippen molar-refractivity contribution in [3.05, 3.63) is 194 Å². The van der Waals surface area contributed by atoms with E-state index < -0.39 is 0 Å². The average Bonchev–Trinajstić information content (AvgIpc) is 3.62. The zero-order valence-corrected chi connectivity index (χ0v) is 28.3. The Labute approximate surface area is 301 Å². The maximum Gasteiger partial charge on any atom is 0.143 e. The lowest BCUT2D eigenvalue weighted by Gasteiger charge is -2.27. The molecule has 0 radical (unpaired) electrons. The number of anilines is 3. The number of pyridine rings is 1. The molecule has 244 valence electrons. The third kappa shape index (κ3) is 5.10. The highest BCUT2D eigenvalue weighted by Gasteiger charge is 2.21. The van der Waals surface area contributed by atoms with E-state index in [9.17, 15) is 0 Å². The molecule has 2 heterocycles. The number of rotatable bonds is 6. The summed E-state index contributed by atoms with van der Waals surface area (Å²) in [6.45, 7) is 0. The van der Waals surface area contributed by atoms with Crippen molar-refractivity contribution in [2.24, 2.45) is 0 Å². The van der Waals surface area contributed by atoms with Crippen molar-refractivity contribution < 1.29 is 4.42 Å². The van der Waals surface area contributed by atoms with Crippen LogP contribution in [-0.4, -0.2) is 4.98 Å². The summed E-state index contributed by atoms with van der Waals surface area (Å²) in [6, 6.07) is 65.0. The van der Waals surface area contributed by atoms with Gasteiger partial charge in [0.15, 0.2) is 0 Å². The van der Waals surface area contributed by atoms with Crippen molar-refractivity contribution in [2.75, 3.05) is 4.90 Å². The highest BCUT2D eigenvalue weighted by molar-refractivity contribution is 6.19. The fourth-order valence-electron chi connectivity index (χ4n) is 7.64. The van der Waals surface area contributed by atoms with Gasteiger partial charge in [0.25, 0.3) is 0 Å². The van der Waals surface area contributed by atoms with Crippen LogP contribution in [0.4, 0.5) is 17.1 Å². The molecule has 0 spiro atoms. The monoisotopic (exact) mass is 664 g/mol. The van der Waals surface area contributed by atoms with Crippen molar-refractivity contribution in [1.29, 1.82) is 0 Å². The van der Waals surface area contributed by atoms with E-state index in [2.05, 4.69) is 186 Å². The summed E-state index contributed by atoms with van der Waals surface area (Å²) >= 11 is 0. The summed E-state index contributed by atoms with van der Waals surface area (Å²) in [5.41, 5.74) is 12.0. The molecule has 52 heavy (non-hydrogen) atoms. The van der Waals surface area contributed by atoms with Crippen LogP contribution in [0.3, 0.4) is 0 Å². The lowest BCUT2D eigenvalue weighted by atomic mass is 9.96. The molecule has 3 heteroatoms. The maximum atomic E-state index is 6.63. The van der Waals surface area contributed by atoms with Gasteiger partial charge in [-0.25, -0.2) is 0 Å². The molecule has 10 aromatic rings. The first-order valence-electron chi connectivity index (χ1n) is 17.6. The molecular formula is C49H32N2O. The van der Waals surface area contributed by atoms with Crippen molar-refractivity contribution in [3.8, 4) is 33.4 Å². The van der Waals surface area contributed by atoms with Gasteiger partial charge in [-0.1, -0.05) is 133 Å². The molecule has 0 unspecified atom stereocenters. The first kappa shape index (κ1) is 29.9. The SMILES string of the molecule is c1ccc(-c2cccc(N(c3cccc(-c4ccc(-c5cccc6ccccc56)cc4)c3)c3cccc4oc5c6ccncc6ccc5c34)c2)cc1. The van der Waals surface area contributed by atoms with Gasteiger partial charge in [-0.3, -0.25) is 4.98 Å². The molecule has 0 saturated carbocycles. The molecule has 0 amide bonds. The molecule has 2 aromatic heterocycles. The van der Waals surface area contributed by atoms with Crippen LogP contribution in [0, 0.1) is 0 Å². The Bertz CT molecular complexity index is 2900. The lowest BCUT2D eigenvalue weighted by molar-refractivity contribution is 0.672. The third-order valence-electron chi connectivity index (χ3n) is 10.1. The lowest BCUT2D eigenvalue weighted by Crippen LogP contribution is -2.10. The number of hydrogen-bond donors (Lipinski definition) is 0. The second-order valence-corrected chi connectivity index (χ2v) is 13.2. The number of benzene rings is 8. The highest BCUT2D eigenvalue weighted by atomic mass is 16.3. The minimum absolute atomic E-state index is 0.848. The molecular weight excluding hydrogens is 633 g/mol. The smallest absolute Gasteiger partial charge is 0.143 e. The Balaban J connectivity index is 1.14. The summed E-state index contributed by atoms with van der Waals surface area (Å²) in [7, 11) is 0. The van der Waals surface area contributed by atoms with Crippen LogP contribution >= 0.6 is 0 Å². The second-order valence-electron chi connectivity index (χ2n) is 13.2. The van der Waals surface area contributed by atoms with Crippen LogP contribution in [0.1, 0.15) is 0 Å². The van der Waals surface area contributed by atoms with Crippen LogP contribution in [0.2, 0.25) is 0 Å². The first-order valence-corrected chi connectivity index (χ1v) is 17.6. The fraction of sp³-hybridized carbons (Fsp3) is 0. The van der Waals surface area contributed by atoms with Gasteiger partial charge in [0.2, 0.25) is 0 Å². The van der Waals surface area contributed by atoms with Gasteiger partial charge in [0.05, 0.1) is 11.1 Å². The number of nitrogens with zero attached hydrogens (tertiary/aromatic N) is 2. The summed E-state index contributed by atoms with van der Waals surface area (Å²) in [6.07, 6.45) is 3.72. The topological polar surface area (TPSA) is 29.3 Å². The molecule has 0 aliphatic rings. The Morgan fingerprint density at radius 3 is 1.88 bits per heavy atom. The van der Waals surface area contributed by atoms with Gasteiger partial charge < -0.3 is 9.32 Å². The molecule has 3 nitrogen and oxygen atoms in total. The normalized spacial score (nSPS) is 11.5. The summed E-state index contributed by atoms with van der Waals surface area (Å²) < 4.78 is 6.63. The molecule has 0 aliphatic carbocycles. The largest absolute Gasteiger partial charge is 0.455 e. The predicted molar refractivity (Wildman–Crippen MR) is 218 cm³/mol. The van der Waals surface area contributed by atoms with Gasteiger partial charge in [0.1, 0.15) is 11.2 Å². The van der Waals surface area contributed by atoms with Gasteiger partial charge >= 0.3 is 0 Å². The number of aromatic nitrogens is 1. The standard InChI is InChI=1S/C49H32N2O/c1-2-10-33(11-3-1)37-14-6-16-40(30-37)51(46-20-9-21-47-48(46)45-27-26-39-32-50-29-28-44(39)49(45)52-47)41-17-7-15-38(31-41)34-22-24-36(25-23-34)43-19-8-13-35-12-4-5-18-42(35)43/h1-32H. The highest BCUT2D eigenvalue weighted by Crippen LogP contribution is 2.45. The zero-order valence-electron chi connectivity index (χ0n) is 28.3. The average molecular weight is 665 g/mol. The van der Waals surface area contributed by atoms with E-state index in [0.717, 1.165) is 66.5 Å². The van der Waals surface area contributed by atoms with E-state index in [1.54, 1.807) is 0 Å². The summed E-state index contributed by atoms with van der Waals surface area (Å²) in [5, 5.41) is 6.78. The van der Waals surface area contributed by atoms with Crippen LogP contribution in [0.5, 0.6) is 0 Å². The van der Waals surface area contributed by atoms with Gasteiger partial charge in [-0.15, -0.1) is 0 Å². The molecule has 8 aromatic carbocycles. The Kier molecular flexibility index (Phi) is 7.14. The summed E-state index contributed by atoms with van der Waals surface area (Å²) in [5.74, 6) is 0. The van der Waals surface area contributed by atoms with E-state index in [0.29, 0.717) is 0 Å². The van der Waals surface area contributed by atoms with Crippen LogP contribution in [0.25, 0.3) is 76.9 Å². The third-order valence-corrected chi connectivity index (χ3v) is 10.1. The van der Waals surface area contributed by atoms with E-state index in [1.807, 2.05) is 18.5 Å². The second kappa shape index (κ2) is 12.4. The molecule has 0 saturated heterocycles. The molecule has 0 bridgehead atoms. The number of furan rings is 1. The first-order chi connectivity index (χ1) is 25.8. The van der Waals surface area contributed by atoms with Gasteiger partial charge in [0, 0.05) is 39.9 Å². The van der Waals surface area contributed by atoms with Crippen molar-refractivity contribution in [3.63, 3.8) is 0 Å². The molecule has 0 atom stereocenters. The molecule has 0 aliphatic heterocycles. The number of hydrogen-bond acceptors (Lipinski definition) is 3.